The Labute approximate surface area is 413 Å². The number of hydrogen-bond donors (Lipinski definition) is 3. The minimum absolute atomic E-state index is 0.141. The van der Waals surface area contributed by atoms with Gasteiger partial charge >= 0.3 is 5.97 Å². The van der Waals surface area contributed by atoms with Gasteiger partial charge in [0, 0.05) is 6.42 Å². The van der Waals surface area contributed by atoms with Crippen molar-refractivity contribution >= 4 is 5.97 Å². The van der Waals surface area contributed by atoms with Crippen LogP contribution >= 0.6 is 0 Å². The van der Waals surface area contributed by atoms with Crippen LogP contribution in [0.4, 0.5) is 0 Å². The second-order valence-electron chi connectivity index (χ2n) is 21.8. The standard InChI is InChI=1S/C61H94O7/c1-8-10-11-12-13-14-15-16-17-18-19-20-21-22-23-24-25-26-27-28-29-30-31-32-55(62)66-44-54-56(63)57(64)58(65)59(68-54)67-49-39-41-60(6)48(43-49)35-36-50-52-38-37-51(61(52,7)42-40-53(50)60)46(5)33-34-47(9-2)45(3)4/h10-11,13-14,16-17,19-20,22-23,25-26,28-29,33-35,45-47,49-54,56-59,63-65H,8-9,12,15,18,21,24,27,30-32,36-44H2,1-7H3/b11-10-,14-13-,17-16-,20-19-,23-22-,26-25-,29-28-,34-33+. The van der Waals surface area contributed by atoms with Gasteiger partial charge in [0.1, 0.15) is 31.0 Å². The van der Waals surface area contributed by atoms with Gasteiger partial charge in [-0.1, -0.05) is 157 Å². The van der Waals surface area contributed by atoms with Gasteiger partial charge in [-0.25, -0.2) is 0 Å². The van der Waals surface area contributed by atoms with Crippen LogP contribution in [-0.2, 0) is 19.0 Å². The number of fused-ring (bicyclic) bond motifs is 5. The number of ether oxygens (including phenoxy) is 3. The van der Waals surface area contributed by atoms with Crippen LogP contribution in [0.3, 0.4) is 0 Å². The summed E-state index contributed by atoms with van der Waals surface area (Å²) in [5.41, 5.74) is 2.01. The van der Waals surface area contributed by atoms with E-state index in [4.69, 9.17) is 14.2 Å². The minimum atomic E-state index is -1.47. The topological polar surface area (TPSA) is 105 Å². The molecule has 1 saturated heterocycles. The van der Waals surface area contributed by atoms with E-state index in [1.165, 1.54) is 37.7 Å². The Morgan fingerprint density at radius 2 is 1.34 bits per heavy atom. The maximum Gasteiger partial charge on any atom is 0.305 e. The Hall–Kier alpha value is -3.07. The number of rotatable bonds is 26. The molecule has 0 amide bonds. The third-order valence-corrected chi connectivity index (χ3v) is 16.9. The molecule has 5 rings (SSSR count). The molecule has 0 spiro atoms. The van der Waals surface area contributed by atoms with Crippen LogP contribution in [0, 0.1) is 52.3 Å². The Balaban J connectivity index is 0.973. The first kappa shape index (κ1) is 55.9. The highest BCUT2D eigenvalue weighted by atomic mass is 16.7. The molecule has 14 unspecified atom stereocenters. The molecule has 68 heavy (non-hydrogen) atoms. The zero-order valence-corrected chi connectivity index (χ0v) is 43.4. The molecule has 0 aromatic heterocycles. The summed E-state index contributed by atoms with van der Waals surface area (Å²) < 4.78 is 18.0. The average Bonchev–Trinajstić information content (AvgIpc) is 3.69. The molecule has 7 nitrogen and oxygen atoms in total. The Bertz CT molecular complexity index is 1780. The summed E-state index contributed by atoms with van der Waals surface area (Å²) >= 11 is 0. The number of hydrogen-bond acceptors (Lipinski definition) is 7. The Morgan fingerprint density at radius 3 is 1.93 bits per heavy atom. The average molecular weight is 939 g/mol. The van der Waals surface area contributed by atoms with Crippen molar-refractivity contribution in [2.45, 2.75) is 207 Å². The number of esters is 1. The molecule has 0 aromatic carbocycles. The van der Waals surface area contributed by atoms with Crippen LogP contribution in [0.15, 0.2) is 109 Å². The summed E-state index contributed by atoms with van der Waals surface area (Å²) in [4.78, 5) is 12.7. The van der Waals surface area contributed by atoms with Crippen molar-refractivity contribution in [3.8, 4) is 0 Å². The van der Waals surface area contributed by atoms with Gasteiger partial charge in [0.15, 0.2) is 6.29 Å². The van der Waals surface area contributed by atoms with E-state index in [0.29, 0.717) is 35.5 Å². The van der Waals surface area contributed by atoms with Gasteiger partial charge in [0.25, 0.3) is 0 Å². The van der Waals surface area contributed by atoms with E-state index in [1.54, 1.807) is 0 Å². The number of allylic oxidation sites excluding steroid dienone is 17. The first-order valence-corrected chi connectivity index (χ1v) is 27.3. The van der Waals surface area contributed by atoms with Crippen molar-refractivity contribution in [2.24, 2.45) is 52.3 Å². The van der Waals surface area contributed by atoms with E-state index >= 15 is 0 Å². The summed E-state index contributed by atoms with van der Waals surface area (Å²) in [6.45, 7) is 16.6. The second kappa shape index (κ2) is 28.7. The SMILES string of the molecule is CC/C=C\C/C=C\C/C=C\C/C=C\C/C=C\C/C=C\C/C=C\CCCC(=O)OCC1OC(OC2CCC3(C)C(=CCC4C3CCC3(C)C(C(C)/C=C/C(CC)C(C)C)CCC43)C2)C(O)C(O)C1O. The lowest BCUT2D eigenvalue weighted by Gasteiger charge is -2.58. The maximum atomic E-state index is 12.7. The highest BCUT2D eigenvalue weighted by molar-refractivity contribution is 5.69. The van der Waals surface area contributed by atoms with Crippen molar-refractivity contribution in [1.29, 1.82) is 0 Å². The number of aliphatic hydroxyl groups excluding tert-OH is 3. The normalized spacial score (nSPS) is 34.4. The van der Waals surface area contributed by atoms with Crippen molar-refractivity contribution in [3.63, 3.8) is 0 Å². The van der Waals surface area contributed by atoms with Gasteiger partial charge in [-0.05, 0) is 168 Å². The van der Waals surface area contributed by atoms with Gasteiger partial charge in [-0.2, -0.15) is 0 Å². The molecule has 0 aromatic rings. The third kappa shape index (κ3) is 15.7. The zero-order chi connectivity index (χ0) is 48.9. The highest BCUT2D eigenvalue weighted by Gasteiger charge is 2.59. The van der Waals surface area contributed by atoms with Crippen molar-refractivity contribution in [1.82, 2.24) is 0 Å². The van der Waals surface area contributed by atoms with Crippen LogP contribution < -0.4 is 0 Å². The quantitative estimate of drug-likeness (QED) is 0.0451. The first-order valence-electron chi connectivity index (χ1n) is 27.3. The van der Waals surface area contributed by atoms with Crippen molar-refractivity contribution in [3.05, 3.63) is 109 Å². The van der Waals surface area contributed by atoms with E-state index < -0.39 is 30.7 Å². The summed E-state index contributed by atoms with van der Waals surface area (Å²) in [5.74, 6) is 4.49. The van der Waals surface area contributed by atoms with Crippen LogP contribution in [0.5, 0.6) is 0 Å². The van der Waals surface area contributed by atoms with Crippen LogP contribution in [-0.4, -0.2) is 64.7 Å². The zero-order valence-electron chi connectivity index (χ0n) is 43.4. The van der Waals surface area contributed by atoms with E-state index in [1.807, 2.05) is 0 Å². The lowest BCUT2D eigenvalue weighted by atomic mass is 9.47. The summed E-state index contributed by atoms with van der Waals surface area (Å²) in [6.07, 6.45) is 50.3. The monoisotopic (exact) mass is 939 g/mol. The third-order valence-electron chi connectivity index (χ3n) is 16.9. The minimum Gasteiger partial charge on any atom is -0.463 e. The second-order valence-corrected chi connectivity index (χ2v) is 21.8. The predicted octanol–water partition coefficient (Wildman–Crippen LogP) is 14.0. The molecule has 3 N–H and O–H groups in total. The number of aliphatic hydroxyl groups is 3. The lowest BCUT2D eigenvalue weighted by molar-refractivity contribution is -0.313. The number of carbonyl (C=O) groups is 1. The highest BCUT2D eigenvalue weighted by Crippen LogP contribution is 2.67. The predicted molar refractivity (Wildman–Crippen MR) is 280 cm³/mol. The smallest absolute Gasteiger partial charge is 0.305 e. The summed E-state index contributed by atoms with van der Waals surface area (Å²) in [7, 11) is 0. The lowest BCUT2D eigenvalue weighted by Crippen LogP contribution is -2.60. The number of unbranched alkanes of at least 4 members (excludes halogenated alkanes) is 1. The molecule has 0 bridgehead atoms. The van der Waals surface area contributed by atoms with Crippen molar-refractivity contribution in [2.75, 3.05) is 6.61 Å². The van der Waals surface area contributed by atoms with Gasteiger partial charge in [-0.15, -0.1) is 0 Å². The summed E-state index contributed by atoms with van der Waals surface area (Å²) in [6, 6.07) is 0. The molecular formula is C61H94O7. The van der Waals surface area contributed by atoms with Crippen molar-refractivity contribution < 1.29 is 34.3 Å². The fourth-order valence-electron chi connectivity index (χ4n) is 12.8. The summed E-state index contributed by atoms with van der Waals surface area (Å²) in [5, 5.41) is 32.6. The maximum absolute atomic E-state index is 12.7. The molecule has 380 valence electrons. The molecule has 0 radical (unpaired) electrons. The molecule has 4 aliphatic carbocycles. The molecule has 1 heterocycles. The van der Waals surface area contributed by atoms with E-state index in [-0.39, 0.29) is 30.5 Å². The molecular weight excluding hydrogens is 845 g/mol. The molecule has 14 atom stereocenters. The van der Waals surface area contributed by atoms with Gasteiger partial charge < -0.3 is 29.5 Å². The molecule has 7 heteroatoms. The largest absolute Gasteiger partial charge is 0.463 e. The van der Waals surface area contributed by atoms with Crippen LogP contribution in [0.1, 0.15) is 170 Å². The first-order chi connectivity index (χ1) is 32.8. The van der Waals surface area contributed by atoms with E-state index in [0.717, 1.165) is 94.8 Å². The van der Waals surface area contributed by atoms with E-state index in [9.17, 15) is 20.1 Å². The van der Waals surface area contributed by atoms with Gasteiger partial charge in [0.05, 0.1) is 6.10 Å². The fourth-order valence-corrected chi connectivity index (χ4v) is 12.8. The van der Waals surface area contributed by atoms with Crippen LogP contribution in [0.25, 0.3) is 0 Å². The van der Waals surface area contributed by atoms with E-state index in [2.05, 4.69) is 152 Å². The number of carbonyl (C=O) groups excluding carboxylic acids is 1. The Morgan fingerprint density at radius 1 is 0.735 bits per heavy atom. The van der Waals surface area contributed by atoms with Gasteiger partial charge in [0.2, 0.25) is 0 Å². The molecule has 5 aliphatic rings. The Kier molecular flexibility index (Phi) is 23.6. The van der Waals surface area contributed by atoms with Crippen LogP contribution in [0.2, 0.25) is 0 Å². The molecule has 3 saturated carbocycles. The fraction of sp³-hybridized carbons (Fsp3) is 0.689. The van der Waals surface area contributed by atoms with Gasteiger partial charge in [-0.3, -0.25) is 4.79 Å². The molecule has 4 fully saturated rings. The molecule has 1 aliphatic heterocycles.